The van der Waals surface area contributed by atoms with Crippen LogP contribution in [-0.4, -0.2) is 47.9 Å². The Bertz CT molecular complexity index is 1370. The molecule has 4 rings (SSSR count). The van der Waals surface area contributed by atoms with E-state index in [1.165, 1.54) is 19.2 Å². The van der Waals surface area contributed by atoms with Crippen molar-refractivity contribution in [2.24, 2.45) is 4.99 Å². The molecule has 0 unspecified atom stereocenters. The third kappa shape index (κ3) is 5.75. The van der Waals surface area contributed by atoms with Crippen LogP contribution in [0.1, 0.15) is 28.7 Å². The highest BCUT2D eigenvalue weighted by Gasteiger charge is 2.19. The van der Waals surface area contributed by atoms with Gasteiger partial charge in [-0.05, 0) is 62.0 Å². The lowest BCUT2D eigenvalue weighted by molar-refractivity contribution is -0.140. The van der Waals surface area contributed by atoms with Crippen LogP contribution in [0.4, 0.5) is 10.1 Å². The first-order valence-electron chi connectivity index (χ1n) is 11.3. The van der Waals surface area contributed by atoms with Gasteiger partial charge in [-0.15, -0.1) is 0 Å². The number of ether oxygens (including phenoxy) is 1. The van der Waals surface area contributed by atoms with Crippen LogP contribution in [0.15, 0.2) is 71.7 Å². The first kappa shape index (κ1) is 24.2. The summed E-state index contributed by atoms with van der Waals surface area (Å²) in [6.07, 6.45) is 0.855. The molecule has 0 atom stereocenters. The van der Waals surface area contributed by atoms with E-state index in [0.29, 0.717) is 35.0 Å². The van der Waals surface area contributed by atoms with E-state index in [0.717, 1.165) is 28.9 Å². The third-order valence-corrected chi connectivity index (χ3v) is 5.70. The van der Waals surface area contributed by atoms with Crippen molar-refractivity contribution in [1.29, 1.82) is 0 Å². The molecule has 1 aromatic heterocycles. The largest absolute Gasteiger partial charge is 0.494 e. The summed E-state index contributed by atoms with van der Waals surface area (Å²) >= 11 is 0. The smallest absolute Gasteiger partial charge is 0.305 e. The number of carbonyl (C=O) groups is 1. The molecule has 0 aliphatic rings. The van der Waals surface area contributed by atoms with Crippen LogP contribution >= 0.6 is 0 Å². The Morgan fingerprint density at radius 2 is 1.83 bits per heavy atom. The first-order chi connectivity index (χ1) is 16.8. The van der Waals surface area contributed by atoms with E-state index >= 15 is 0 Å². The summed E-state index contributed by atoms with van der Waals surface area (Å²) < 4.78 is 18.6. The normalized spacial score (nSPS) is 11.9. The summed E-state index contributed by atoms with van der Waals surface area (Å²) in [5.74, 6) is -0.733. The summed E-state index contributed by atoms with van der Waals surface area (Å²) in [5, 5.41) is 11.5. The number of nitrogens with one attached hydrogen (secondary N) is 1. The average molecular weight is 474 g/mol. The molecule has 0 fully saturated rings. The SMILES string of the molecule is COC(=O)CCc1ccc(C(=Nc2cccc(CN(C)C)c2)c2c(O)[nH]c3cc(F)ccc23)cc1. The minimum absolute atomic E-state index is 0.0800. The van der Waals surface area contributed by atoms with E-state index in [9.17, 15) is 14.3 Å². The van der Waals surface area contributed by atoms with E-state index in [2.05, 4.69) is 9.88 Å². The van der Waals surface area contributed by atoms with E-state index in [-0.39, 0.29) is 11.8 Å². The van der Waals surface area contributed by atoms with Crippen molar-refractivity contribution in [3.8, 4) is 5.88 Å². The van der Waals surface area contributed by atoms with E-state index in [1.54, 1.807) is 6.07 Å². The Balaban J connectivity index is 1.80. The molecule has 0 saturated carbocycles. The molecule has 0 aliphatic heterocycles. The average Bonchev–Trinajstić information content (AvgIpc) is 3.15. The number of halogens is 1. The van der Waals surface area contributed by atoms with Gasteiger partial charge in [0, 0.05) is 23.9 Å². The van der Waals surface area contributed by atoms with E-state index < -0.39 is 5.82 Å². The lowest BCUT2D eigenvalue weighted by Crippen LogP contribution is -2.10. The topological polar surface area (TPSA) is 77.9 Å². The van der Waals surface area contributed by atoms with Gasteiger partial charge < -0.3 is 19.7 Å². The van der Waals surface area contributed by atoms with Crippen LogP contribution in [0.5, 0.6) is 5.88 Å². The summed E-state index contributed by atoms with van der Waals surface area (Å²) in [6, 6.07) is 20.0. The molecule has 4 aromatic rings. The summed E-state index contributed by atoms with van der Waals surface area (Å²) in [6.45, 7) is 0.769. The number of methoxy groups -OCH3 is 1. The zero-order chi connectivity index (χ0) is 24.9. The van der Waals surface area contributed by atoms with Gasteiger partial charge >= 0.3 is 5.97 Å². The number of esters is 1. The molecule has 0 aliphatic carbocycles. The highest BCUT2D eigenvalue weighted by Crippen LogP contribution is 2.32. The summed E-state index contributed by atoms with van der Waals surface area (Å²) in [4.78, 5) is 21.4. The highest BCUT2D eigenvalue weighted by atomic mass is 19.1. The van der Waals surface area contributed by atoms with Gasteiger partial charge in [-0.2, -0.15) is 0 Å². The fraction of sp³-hybridized carbons (Fsp3) is 0.214. The number of H-pyrrole nitrogens is 1. The molecule has 1 heterocycles. The second-order valence-electron chi connectivity index (χ2n) is 8.68. The van der Waals surface area contributed by atoms with Crippen LogP contribution in [0.3, 0.4) is 0 Å². The van der Waals surface area contributed by atoms with Gasteiger partial charge in [-0.3, -0.25) is 4.79 Å². The van der Waals surface area contributed by atoms with Crippen molar-refractivity contribution >= 4 is 28.3 Å². The fourth-order valence-corrected chi connectivity index (χ4v) is 4.06. The molecular formula is C28H28FN3O3. The van der Waals surface area contributed by atoms with E-state index in [1.807, 2.05) is 62.6 Å². The molecule has 0 amide bonds. The Labute approximate surface area is 203 Å². The summed E-state index contributed by atoms with van der Waals surface area (Å²) in [5.41, 5.74) is 5.16. The second-order valence-corrected chi connectivity index (χ2v) is 8.68. The van der Waals surface area contributed by atoms with Crippen LogP contribution in [0.25, 0.3) is 10.9 Å². The molecule has 6 nitrogen and oxygen atoms in total. The Hall–Kier alpha value is -3.97. The zero-order valence-electron chi connectivity index (χ0n) is 20.0. The molecule has 0 saturated heterocycles. The number of benzene rings is 3. The number of aromatic hydroxyl groups is 1. The maximum Gasteiger partial charge on any atom is 0.305 e. The van der Waals surface area contributed by atoms with Crippen molar-refractivity contribution in [2.45, 2.75) is 19.4 Å². The van der Waals surface area contributed by atoms with Gasteiger partial charge in [0.1, 0.15) is 5.82 Å². The monoisotopic (exact) mass is 473 g/mol. The Morgan fingerprint density at radius 3 is 2.54 bits per heavy atom. The van der Waals surface area contributed by atoms with Gasteiger partial charge in [0.05, 0.1) is 29.6 Å². The molecule has 0 spiro atoms. The van der Waals surface area contributed by atoms with Gasteiger partial charge in [0.15, 0.2) is 5.88 Å². The van der Waals surface area contributed by atoms with E-state index in [4.69, 9.17) is 9.73 Å². The number of hydrogen-bond donors (Lipinski definition) is 2. The highest BCUT2D eigenvalue weighted by molar-refractivity contribution is 6.21. The standard InChI is InChI=1S/C28H28FN3O3/c1-32(2)17-19-5-4-6-22(15-19)30-27(20-10-7-18(8-11-20)9-14-25(33)35-3)26-23-13-12-21(29)16-24(23)31-28(26)34/h4-8,10-13,15-16,31,34H,9,14,17H2,1-3H3. The predicted octanol–water partition coefficient (Wildman–Crippen LogP) is 5.35. The van der Waals surface area contributed by atoms with Crippen LogP contribution < -0.4 is 0 Å². The molecule has 7 heteroatoms. The fourth-order valence-electron chi connectivity index (χ4n) is 4.06. The molecule has 35 heavy (non-hydrogen) atoms. The van der Waals surface area contributed by atoms with Crippen molar-refractivity contribution in [1.82, 2.24) is 9.88 Å². The number of rotatable bonds is 8. The second kappa shape index (κ2) is 10.5. The summed E-state index contributed by atoms with van der Waals surface area (Å²) in [7, 11) is 5.39. The molecule has 0 bridgehead atoms. The number of nitrogens with zero attached hydrogens (tertiary/aromatic N) is 2. The number of aromatic nitrogens is 1. The van der Waals surface area contributed by atoms with Gasteiger partial charge in [0.2, 0.25) is 0 Å². The lowest BCUT2D eigenvalue weighted by Gasteiger charge is -2.11. The maximum atomic E-state index is 13.8. The van der Waals surface area contributed by atoms with Crippen molar-refractivity contribution in [3.63, 3.8) is 0 Å². The number of carbonyl (C=O) groups excluding carboxylic acids is 1. The Morgan fingerprint density at radius 1 is 1.06 bits per heavy atom. The number of hydrogen-bond acceptors (Lipinski definition) is 5. The molecule has 0 radical (unpaired) electrons. The van der Waals surface area contributed by atoms with Crippen molar-refractivity contribution in [2.75, 3.05) is 21.2 Å². The lowest BCUT2D eigenvalue weighted by atomic mass is 9.98. The van der Waals surface area contributed by atoms with Crippen LogP contribution in [0.2, 0.25) is 0 Å². The molecule has 2 N–H and O–H groups in total. The molecule has 3 aromatic carbocycles. The van der Waals surface area contributed by atoms with Crippen LogP contribution in [0, 0.1) is 5.82 Å². The number of aromatic amines is 1. The zero-order valence-corrected chi connectivity index (χ0v) is 20.0. The first-order valence-corrected chi connectivity index (χ1v) is 11.3. The van der Waals surface area contributed by atoms with Crippen molar-refractivity contribution < 1.29 is 19.0 Å². The van der Waals surface area contributed by atoms with Crippen LogP contribution in [-0.2, 0) is 22.5 Å². The quantitative estimate of drug-likeness (QED) is 0.267. The number of aliphatic imine (C=N–C) groups is 1. The van der Waals surface area contributed by atoms with Gasteiger partial charge in [-0.1, -0.05) is 36.4 Å². The third-order valence-electron chi connectivity index (χ3n) is 5.70. The number of aryl methyl sites for hydroxylation is 1. The maximum absolute atomic E-state index is 13.8. The van der Waals surface area contributed by atoms with Gasteiger partial charge in [-0.25, -0.2) is 9.38 Å². The minimum atomic E-state index is -0.393. The van der Waals surface area contributed by atoms with Crippen molar-refractivity contribution in [3.05, 3.63) is 94.8 Å². The molecular weight excluding hydrogens is 445 g/mol. The minimum Gasteiger partial charge on any atom is -0.494 e. The number of fused-ring (bicyclic) bond motifs is 1. The van der Waals surface area contributed by atoms with Gasteiger partial charge in [0.25, 0.3) is 0 Å². The molecule has 180 valence electrons. The Kier molecular flexibility index (Phi) is 7.27. The predicted molar refractivity (Wildman–Crippen MR) is 136 cm³/mol.